The smallest absolute Gasteiger partial charge is 0.226 e. The SMILES string of the molecule is Cc1cc(OCCCCn2c(CCNC(=O)C34CC5CC(CC(C5)C3)C4)nc3ccccc32)ccc1Cl. The van der Waals surface area contributed by atoms with Crippen molar-refractivity contribution in [2.75, 3.05) is 13.2 Å². The van der Waals surface area contributed by atoms with Crippen LogP contribution in [0.25, 0.3) is 11.0 Å². The molecule has 6 heteroatoms. The van der Waals surface area contributed by atoms with E-state index in [1.165, 1.54) is 24.8 Å². The zero-order valence-corrected chi connectivity index (χ0v) is 22.6. The van der Waals surface area contributed by atoms with E-state index in [0.29, 0.717) is 19.1 Å². The molecule has 4 bridgehead atoms. The number of ether oxygens (including phenoxy) is 1. The highest BCUT2D eigenvalue weighted by atomic mass is 35.5. The first-order chi connectivity index (χ1) is 18.0. The van der Waals surface area contributed by atoms with Gasteiger partial charge in [0.1, 0.15) is 11.6 Å². The van der Waals surface area contributed by atoms with Crippen molar-refractivity contribution in [1.82, 2.24) is 14.9 Å². The standard InChI is InChI=1S/C31H38ClN3O2/c1-21-14-25(8-9-26(21)32)37-13-5-4-12-35-28-7-3-2-6-27(28)34-29(35)10-11-33-30(36)31-18-22-15-23(19-31)17-24(16-22)20-31/h2-3,6-9,14,22-24H,4-5,10-13,15-20H2,1H3,(H,33,36). The molecule has 1 aromatic heterocycles. The fraction of sp³-hybridized carbons (Fsp3) is 0.548. The van der Waals surface area contributed by atoms with Crippen molar-refractivity contribution in [3.63, 3.8) is 0 Å². The molecule has 196 valence electrons. The summed E-state index contributed by atoms with van der Waals surface area (Å²) in [5.74, 6) is 4.59. The number of nitrogens with zero attached hydrogens (tertiary/aromatic N) is 2. The van der Waals surface area contributed by atoms with Gasteiger partial charge in [-0.1, -0.05) is 23.7 Å². The van der Waals surface area contributed by atoms with Crippen LogP contribution in [-0.2, 0) is 17.8 Å². The topological polar surface area (TPSA) is 56.1 Å². The Morgan fingerprint density at radius 2 is 1.81 bits per heavy atom. The number of imidazole rings is 1. The van der Waals surface area contributed by atoms with Crippen LogP contribution in [0.1, 0.15) is 62.8 Å². The quantitative estimate of drug-likeness (QED) is 0.302. The van der Waals surface area contributed by atoms with E-state index in [1.807, 2.05) is 31.2 Å². The molecule has 0 radical (unpaired) electrons. The number of para-hydroxylation sites is 2. The molecule has 1 N–H and O–H groups in total. The monoisotopic (exact) mass is 519 g/mol. The number of carbonyl (C=O) groups is 1. The van der Waals surface area contributed by atoms with Crippen molar-refractivity contribution in [2.45, 2.75) is 71.3 Å². The Kier molecular flexibility index (Phi) is 6.91. The van der Waals surface area contributed by atoms with Gasteiger partial charge in [0.05, 0.1) is 17.6 Å². The van der Waals surface area contributed by atoms with Crippen LogP contribution in [-0.4, -0.2) is 28.6 Å². The largest absolute Gasteiger partial charge is 0.494 e. The number of amides is 1. The maximum atomic E-state index is 13.4. The average molecular weight is 520 g/mol. The van der Waals surface area contributed by atoms with Gasteiger partial charge in [0.2, 0.25) is 5.91 Å². The van der Waals surface area contributed by atoms with Gasteiger partial charge in [0.25, 0.3) is 0 Å². The molecule has 2 aromatic carbocycles. The summed E-state index contributed by atoms with van der Waals surface area (Å²) in [6, 6.07) is 14.1. The fourth-order valence-corrected chi connectivity index (χ4v) is 7.82. The predicted octanol–water partition coefficient (Wildman–Crippen LogP) is 6.73. The molecule has 7 rings (SSSR count). The molecular weight excluding hydrogens is 482 g/mol. The molecule has 1 amide bonds. The van der Waals surface area contributed by atoms with Gasteiger partial charge in [-0.05, 0) is 112 Å². The van der Waals surface area contributed by atoms with Crippen LogP contribution in [0, 0.1) is 30.1 Å². The molecule has 4 aliphatic rings. The van der Waals surface area contributed by atoms with E-state index in [1.54, 1.807) is 0 Å². The van der Waals surface area contributed by atoms with Crippen LogP contribution in [0.2, 0.25) is 5.02 Å². The van der Waals surface area contributed by atoms with Gasteiger partial charge in [0.15, 0.2) is 0 Å². The first kappa shape index (κ1) is 24.8. The van der Waals surface area contributed by atoms with Crippen molar-refractivity contribution in [1.29, 1.82) is 0 Å². The van der Waals surface area contributed by atoms with Gasteiger partial charge in [-0.3, -0.25) is 4.79 Å². The predicted molar refractivity (Wildman–Crippen MR) is 148 cm³/mol. The number of fused-ring (bicyclic) bond motifs is 1. The van der Waals surface area contributed by atoms with Gasteiger partial charge in [0, 0.05) is 29.9 Å². The number of hydrogen-bond donors (Lipinski definition) is 1. The van der Waals surface area contributed by atoms with Gasteiger partial charge >= 0.3 is 0 Å². The third kappa shape index (κ3) is 5.12. The summed E-state index contributed by atoms with van der Waals surface area (Å²) < 4.78 is 8.27. The molecule has 0 unspecified atom stereocenters. The number of hydrogen-bond acceptors (Lipinski definition) is 3. The summed E-state index contributed by atoms with van der Waals surface area (Å²) in [6.07, 6.45) is 10.1. The second-order valence-electron chi connectivity index (χ2n) is 11.8. The molecule has 4 fully saturated rings. The molecule has 37 heavy (non-hydrogen) atoms. The second kappa shape index (κ2) is 10.3. The number of carbonyl (C=O) groups excluding carboxylic acids is 1. The Morgan fingerprint density at radius 3 is 2.54 bits per heavy atom. The molecule has 4 saturated carbocycles. The Bertz CT molecular complexity index is 1250. The van der Waals surface area contributed by atoms with E-state index >= 15 is 0 Å². The van der Waals surface area contributed by atoms with Crippen molar-refractivity contribution in [3.8, 4) is 5.75 Å². The highest BCUT2D eigenvalue weighted by Crippen LogP contribution is 2.60. The van der Waals surface area contributed by atoms with Crippen LogP contribution in [0.15, 0.2) is 42.5 Å². The Balaban J connectivity index is 1.04. The highest BCUT2D eigenvalue weighted by molar-refractivity contribution is 6.31. The number of unbranched alkanes of at least 4 members (excludes halogenated alkanes) is 1. The van der Waals surface area contributed by atoms with Crippen LogP contribution < -0.4 is 10.1 Å². The number of rotatable bonds is 10. The molecule has 4 aliphatic carbocycles. The van der Waals surface area contributed by atoms with E-state index in [2.05, 4.69) is 28.1 Å². The fourth-order valence-electron chi connectivity index (χ4n) is 7.70. The number of aryl methyl sites for hydroxylation is 2. The van der Waals surface area contributed by atoms with Gasteiger partial charge in [-0.15, -0.1) is 0 Å². The summed E-state index contributed by atoms with van der Waals surface area (Å²) >= 11 is 6.12. The minimum absolute atomic E-state index is 0.0858. The zero-order valence-electron chi connectivity index (χ0n) is 21.8. The summed E-state index contributed by atoms with van der Waals surface area (Å²) in [5, 5.41) is 4.11. The summed E-state index contributed by atoms with van der Waals surface area (Å²) in [7, 11) is 0. The van der Waals surface area contributed by atoms with Gasteiger partial charge in [-0.2, -0.15) is 0 Å². The number of nitrogens with one attached hydrogen (secondary N) is 1. The van der Waals surface area contributed by atoms with E-state index in [-0.39, 0.29) is 5.41 Å². The van der Waals surface area contributed by atoms with Crippen LogP contribution in [0.4, 0.5) is 0 Å². The molecular formula is C31H38ClN3O2. The van der Waals surface area contributed by atoms with Crippen LogP contribution in [0.3, 0.4) is 0 Å². The number of aromatic nitrogens is 2. The maximum Gasteiger partial charge on any atom is 0.226 e. The average Bonchev–Trinajstić information content (AvgIpc) is 3.22. The molecule has 1 heterocycles. The molecule has 3 aromatic rings. The maximum absolute atomic E-state index is 13.4. The molecule has 0 spiro atoms. The summed E-state index contributed by atoms with van der Waals surface area (Å²) in [5.41, 5.74) is 3.14. The van der Waals surface area contributed by atoms with Crippen LogP contribution in [0.5, 0.6) is 5.75 Å². The minimum Gasteiger partial charge on any atom is -0.494 e. The van der Waals surface area contributed by atoms with Crippen molar-refractivity contribution in [3.05, 3.63) is 58.9 Å². The zero-order chi connectivity index (χ0) is 25.4. The lowest BCUT2D eigenvalue weighted by atomic mass is 9.49. The van der Waals surface area contributed by atoms with E-state index in [0.717, 1.165) is 90.5 Å². The van der Waals surface area contributed by atoms with Gasteiger partial charge < -0.3 is 14.6 Å². The lowest BCUT2D eigenvalue weighted by Gasteiger charge is -2.55. The summed E-state index contributed by atoms with van der Waals surface area (Å²) in [6.45, 7) is 4.21. The third-order valence-corrected chi connectivity index (χ3v) is 9.49. The third-order valence-electron chi connectivity index (χ3n) is 9.06. The first-order valence-electron chi connectivity index (χ1n) is 14.1. The summed E-state index contributed by atoms with van der Waals surface area (Å²) in [4.78, 5) is 18.3. The van der Waals surface area contributed by atoms with Crippen molar-refractivity contribution >= 4 is 28.5 Å². The van der Waals surface area contributed by atoms with Crippen molar-refractivity contribution < 1.29 is 9.53 Å². The normalized spacial score (nSPS) is 26.1. The van der Waals surface area contributed by atoms with E-state index < -0.39 is 0 Å². The number of benzene rings is 2. The molecule has 5 nitrogen and oxygen atoms in total. The Labute approximate surface area is 224 Å². The number of halogens is 1. The molecule has 0 aliphatic heterocycles. The lowest BCUT2D eigenvalue weighted by molar-refractivity contribution is -0.146. The van der Waals surface area contributed by atoms with E-state index in [9.17, 15) is 4.79 Å². The van der Waals surface area contributed by atoms with Crippen molar-refractivity contribution in [2.24, 2.45) is 23.2 Å². The molecule has 0 atom stereocenters. The Morgan fingerprint density at radius 1 is 1.08 bits per heavy atom. The minimum atomic E-state index is -0.0858. The first-order valence-corrected chi connectivity index (χ1v) is 14.5. The second-order valence-corrected chi connectivity index (χ2v) is 12.2. The lowest BCUT2D eigenvalue weighted by Crippen LogP contribution is -2.53. The molecule has 0 saturated heterocycles. The van der Waals surface area contributed by atoms with Crippen LogP contribution >= 0.6 is 11.6 Å². The highest BCUT2D eigenvalue weighted by Gasteiger charge is 2.54. The Hall–Kier alpha value is -2.53. The van der Waals surface area contributed by atoms with E-state index in [4.69, 9.17) is 21.3 Å². The van der Waals surface area contributed by atoms with Gasteiger partial charge in [-0.25, -0.2) is 4.98 Å².